The predicted molar refractivity (Wildman–Crippen MR) is 67.5 cm³/mol. The van der Waals surface area contributed by atoms with Crippen molar-refractivity contribution in [2.45, 2.75) is 0 Å². The van der Waals surface area contributed by atoms with Crippen molar-refractivity contribution >= 4 is 17.3 Å². The van der Waals surface area contributed by atoms with Gasteiger partial charge in [0.15, 0.2) is 0 Å². The van der Waals surface area contributed by atoms with E-state index in [1.807, 2.05) is 49.5 Å². The van der Waals surface area contributed by atoms with Crippen molar-refractivity contribution in [1.82, 2.24) is 0 Å². The minimum absolute atomic E-state index is 0.611. The van der Waals surface area contributed by atoms with Crippen LogP contribution < -0.4 is 10.1 Å². The first kappa shape index (κ1) is 10.8. The van der Waals surface area contributed by atoms with E-state index in [0.717, 1.165) is 11.4 Å². The molecule has 3 heteroatoms. The molecule has 0 aliphatic heterocycles. The van der Waals surface area contributed by atoms with Crippen LogP contribution >= 0.6 is 11.6 Å². The first-order valence-electron chi connectivity index (χ1n) is 5.00. The molecule has 16 heavy (non-hydrogen) atoms. The third-order valence-electron chi connectivity index (χ3n) is 2.21. The van der Waals surface area contributed by atoms with Gasteiger partial charge in [-0.15, -0.1) is 0 Å². The van der Waals surface area contributed by atoms with Crippen molar-refractivity contribution in [3.8, 4) is 11.5 Å². The van der Waals surface area contributed by atoms with Crippen LogP contribution in [-0.2, 0) is 0 Å². The highest BCUT2D eigenvalue weighted by Gasteiger charge is 2.01. The average molecular weight is 234 g/mol. The van der Waals surface area contributed by atoms with Crippen LogP contribution in [0.15, 0.2) is 48.5 Å². The lowest BCUT2D eigenvalue weighted by atomic mass is 10.3. The van der Waals surface area contributed by atoms with Crippen LogP contribution in [0.2, 0.25) is 5.02 Å². The summed E-state index contributed by atoms with van der Waals surface area (Å²) in [6.45, 7) is 0. The Hall–Kier alpha value is -1.67. The normalized spacial score (nSPS) is 9.88. The van der Waals surface area contributed by atoms with Crippen LogP contribution in [-0.4, -0.2) is 7.05 Å². The highest BCUT2D eigenvalue weighted by Crippen LogP contribution is 2.29. The Morgan fingerprint density at radius 3 is 2.31 bits per heavy atom. The first-order valence-corrected chi connectivity index (χ1v) is 5.37. The lowest BCUT2D eigenvalue weighted by Gasteiger charge is -2.07. The van der Waals surface area contributed by atoms with Crippen molar-refractivity contribution in [3.05, 3.63) is 53.6 Å². The molecule has 2 nitrogen and oxygen atoms in total. The molecule has 0 heterocycles. The van der Waals surface area contributed by atoms with E-state index in [1.54, 1.807) is 6.07 Å². The molecule has 0 unspecified atom stereocenters. The standard InChI is InChI=1S/C13H12ClNO/c1-15-10-6-8-11(9-7-10)16-13-5-3-2-4-12(13)14/h2-9,15H,1H3. The summed E-state index contributed by atoms with van der Waals surface area (Å²) in [6, 6.07) is 15.1. The van der Waals surface area contributed by atoms with Crippen LogP contribution in [0.25, 0.3) is 0 Å². The zero-order valence-electron chi connectivity index (χ0n) is 8.91. The average Bonchev–Trinajstić information content (AvgIpc) is 2.33. The summed E-state index contributed by atoms with van der Waals surface area (Å²) in [5.41, 5.74) is 1.05. The molecule has 82 valence electrons. The minimum atomic E-state index is 0.611. The second kappa shape index (κ2) is 4.90. The number of benzene rings is 2. The van der Waals surface area contributed by atoms with Crippen LogP contribution in [0.1, 0.15) is 0 Å². The predicted octanol–water partition coefficient (Wildman–Crippen LogP) is 4.17. The second-order valence-electron chi connectivity index (χ2n) is 3.31. The molecule has 2 aromatic rings. The van der Waals surface area contributed by atoms with Gasteiger partial charge in [0.2, 0.25) is 0 Å². The Bertz CT molecular complexity index is 468. The zero-order chi connectivity index (χ0) is 11.4. The van der Waals surface area contributed by atoms with Gasteiger partial charge in [0.25, 0.3) is 0 Å². The van der Waals surface area contributed by atoms with Crippen LogP contribution in [0.3, 0.4) is 0 Å². The maximum atomic E-state index is 6.00. The Morgan fingerprint density at radius 1 is 1.00 bits per heavy atom. The van der Waals surface area contributed by atoms with Crippen molar-refractivity contribution < 1.29 is 4.74 Å². The third kappa shape index (κ3) is 2.47. The Labute approximate surface area is 99.8 Å². The van der Waals surface area contributed by atoms with E-state index >= 15 is 0 Å². The summed E-state index contributed by atoms with van der Waals surface area (Å²) in [7, 11) is 1.88. The van der Waals surface area contributed by atoms with Gasteiger partial charge in [-0.3, -0.25) is 0 Å². The molecule has 0 spiro atoms. The highest BCUT2D eigenvalue weighted by atomic mass is 35.5. The van der Waals surface area contributed by atoms with Gasteiger partial charge in [-0.1, -0.05) is 23.7 Å². The molecule has 0 saturated heterocycles. The van der Waals surface area contributed by atoms with Gasteiger partial charge in [0.1, 0.15) is 11.5 Å². The molecule has 0 aromatic heterocycles. The van der Waals surface area contributed by atoms with Gasteiger partial charge in [-0.25, -0.2) is 0 Å². The summed E-state index contributed by atoms with van der Waals surface area (Å²) in [6.07, 6.45) is 0. The molecule has 1 N–H and O–H groups in total. The summed E-state index contributed by atoms with van der Waals surface area (Å²) in [5, 5.41) is 3.66. The Kier molecular flexibility index (Phi) is 3.32. The monoisotopic (exact) mass is 233 g/mol. The summed E-state index contributed by atoms with van der Waals surface area (Å²) in [5.74, 6) is 1.44. The lowest BCUT2D eigenvalue weighted by molar-refractivity contribution is 0.483. The Balaban J connectivity index is 2.18. The van der Waals surface area contributed by atoms with Crippen molar-refractivity contribution in [2.75, 3.05) is 12.4 Å². The van der Waals surface area contributed by atoms with E-state index in [4.69, 9.17) is 16.3 Å². The summed E-state index contributed by atoms with van der Waals surface area (Å²) < 4.78 is 5.65. The van der Waals surface area contributed by atoms with E-state index in [1.165, 1.54) is 0 Å². The van der Waals surface area contributed by atoms with Gasteiger partial charge in [-0.05, 0) is 36.4 Å². The number of nitrogens with one attached hydrogen (secondary N) is 1. The maximum Gasteiger partial charge on any atom is 0.146 e. The van der Waals surface area contributed by atoms with Crippen LogP contribution in [0, 0.1) is 0 Å². The molecule has 0 atom stereocenters. The maximum absolute atomic E-state index is 6.00. The van der Waals surface area contributed by atoms with Gasteiger partial charge in [-0.2, -0.15) is 0 Å². The van der Waals surface area contributed by atoms with E-state index in [0.29, 0.717) is 10.8 Å². The number of hydrogen-bond donors (Lipinski definition) is 1. The molecule has 2 rings (SSSR count). The smallest absolute Gasteiger partial charge is 0.146 e. The minimum Gasteiger partial charge on any atom is -0.456 e. The fraction of sp³-hybridized carbons (Fsp3) is 0.0769. The molecule has 0 amide bonds. The molecule has 0 aliphatic rings. The molecule has 0 fully saturated rings. The van der Waals surface area contributed by atoms with Gasteiger partial charge in [0, 0.05) is 12.7 Å². The Morgan fingerprint density at radius 2 is 1.69 bits per heavy atom. The van der Waals surface area contributed by atoms with Gasteiger partial charge >= 0.3 is 0 Å². The largest absolute Gasteiger partial charge is 0.456 e. The molecule has 0 bridgehead atoms. The van der Waals surface area contributed by atoms with Crippen LogP contribution in [0.5, 0.6) is 11.5 Å². The summed E-state index contributed by atoms with van der Waals surface area (Å²) in [4.78, 5) is 0. The molecule has 2 aromatic carbocycles. The molecule has 0 aliphatic carbocycles. The number of para-hydroxylation sites is 1. The third-order valence-corrected chi connectivity index (χ3v) is 2.52. The van der Waals surface area contributed by atoms with Crippen LogP contribution in [0.4, 0.5) is 5.69 Å². The quantitative estimate of drug-likeness (QED) is 0.859. The van der Waals surface area contributed by atoms with Crippen molar-refractivity contribution in [1.29, 1.82) is 0 Å². The number of hydrogen-bond acceptors (Lipinski definition) is 2. The zero-order valence-corrected chi connectivity index (χ0v) is 9.66. The number of anilines is 1. The number of rotatable bonds is 3. The van der Waals surface area contributed by atoms with Gasteiger partial charge < -0.3 is 10.1 Å². The lowest BCUT2D eigenvalue weighted by Crippen LogP contribution is -1.88. The van der Waals surface area contributed by atoms with Crippen molar-refractivity contribution in [3.63, 3.8) is 0 Å². The fourth-order valence-corrected chi connectivity index (χ4v) is 1.52. The summed E-state index contributed by atoms with van der Waals surface area (Å²) >= 11 is 6.00. The van der Waals surface area contributed by atoms with Gasteiger partial charge in [0.05, 0.1) is 5.02 Å². The molecular weight excluding hydrogens is 222 g/mol. The van der Waals surface area contributed by atoms with Crippen molar-refractivity contribution in [2.24, 2.45) is 0 Å². The first-order chi connectivity index (χ1) is 7.79. The topological polar surface area (TPSA) is 21.3 Å². The fourth-order valence-electron chi connectivity index (χ4n) is 1.34. The number of halogens is 1. The SMILES string of the molecule is CNc1ccc(Oc2ccccc2Cl)cc1. The molecule has 0 radical (unpaired) electrons. The second-order valence-corrected chi connectivity index (χ2v) is 3.71. The van der Waals surface area contributed by atoms with E-state index in [-0.39, 0.29) is 0 Å². The molecular formula is C13H12ClNO. The van der Waals surface area contributed by atoms with E-state index in [9.17, 15) is 0 Å². The molecule has 0 saturated carbocycles. The van der Waals surface area contributed by atoms with E-state index in [2.05, 4.69) is 5.32 Å². The highest BCUT2D eigenvalue weighted by molar-refractivity contribution is 6.32. The number of ether oxygens (including phenoxy) is 1. The van der Waals surface area contributed by atoms with E-state index < -0.39 is 0 Å².